The SMILES string of the molecule is CO[C@](C(=O)O[C@@H]1[C@@H](Cl)[C@H](C)N2C(NC(=O)C=C(C)C)=CC(=O)[C@]12C)(c1ccccc1)C(F)(F)F. The lowest BCUT2D eigenvalue weighted by molar-refractivity contribution is -0.278. The van der Waals surface area contributed by atoms with Crippen molar-refractivity contribution in [3.05, 3.63) is 59.4 Å². The number of hydrogen-bond donors (Lipinski definition) is 1. The monoisotopic (exact) mass is 514 g/mol. The zero-order valence-electron chi connectivity index (χ0n) is 19.8. The largest absolute Gasteiger partial charge is 0.455 e. The molecule has 0 aliphatic carbocycles. The first-order valence-electron chi connectivity index (χ1n) is 10.8. The van der Waals surface area contributed by atoms with Crippen LogP contribution in [0.5, 0.6) is 0 Å². The minimum atomic E-state index is -5.19. The lowest BCUT2D eigenvalue weighted by Crippen LogP contribution is -2.57. The van der Waals surface area contributed by atoms with Crippen molar-refractivity contribution in [1.29, 1.82) is 0 Å². The van der Waals surface area contributed by atoms with E-state index in [-0.39, 0.29) is 5.82 Å². The van der Waals surface area contributed by atoms with E-state index in [1.54, 1.807) is 20.8 Å². The zero-order valence-corrected chi connectivity index (χ0v) is 20.5. The summed E-state index contributed by atoms with van der Waals surface area (Å²) in [6.07, 6.45) is -4.18. The van der Waals surface area contributed by atoms with Crippen molar-refractivity contribution in [2.75, 3.05) is 7.11 Å². The molecule has 2 aliphatic heterocycles. The highest BCUT2D eigenvalue weighted by atomic mass is 35.5. The second kappa shape index (κ2) is 9.31. The first-order chi connectivity index (χ1) is 16.2. The van der Waals surface area contributed by atoms with Gasteiger partial charge in [0.15, 0.2) is 11.9 Å². The average molecular weight is 515 g/mol. The summed E-state index contributed by atoms with van der Waals surface area (Å²) in [5.74, 6) is -2.70. The molecular formula is C24H26ClF3N2O5. The molecule has 11 heteroatoms. The summed E-state index contributed by atoms with van der Waals surface area (Å²) in [6, 6.07) is 5.68. The molecule has 1 saturated heterocycles. The predicted molar refractivity (Wildman–Crippen MR) is 121 cm³/mol. The Hall–Kier alpha value is -2.85. The van der Waals surface area contributed by atoms with Crippen LogP contribution in [0, 0.1) is 0 Å². The molecule has 1 aromatic rings. The Morgan fingerprint density at radius 1 is 1.20 bits per heavy atom. The molecule has 1 fully saturated rings. The number of amides is 1. The number of carbonyl (C=O) groups excluding carboxylic acids is 3. The molecule has 2 heterocycles. The summed E-state index contributed by atoms with van der Waals surface area (Å²) in [4.78, 5) is 40.0. The molecule has 1 amide bonds. The molecule has 0 radical (unpaired) electrons. The highest BCUT2D eigenvalue weighted by Gasteiger charge is 2.68. The number of rotatable bonds is 6. The topological polar surface area (TPSA) is 84.9 Å². The molecule has 1 aromatic carbocycles. The van der Waals surface area contributed by atoms with Crippen LogP contribution < -0.4 is 5.32 Å². The minimum Gasteiger partial charge on any atom is -0.455 e. The molecule has 0 unspecified atom stereocenters. The van der Waals surface area contributed by atoms with E-state index in [2.05, 4.69) is 5.32 Å². The Balaban J connectivity index is 1.99. The van der Waals surface area contributed by atoms with Crippen LogP contribution in [0.15, 0.2) is 53.9 Å². The average Bonchev–Trinajstić information content (AvgIpc) is 3.11. The number of nitrogens with one attached hydrogen (secondary N) is 1. The van der Waals surface area contributed by atoms with E-state index in [0.717, 1.165) is 30.9 Å². The number of esters is 1. The van der Waals surface area contributed by atoms with E-state index >= 15 is 0 Å². The quantitative estimate of drug-likeness (QED) is 0.355. The Labute approximate surface area is 205 Å². The van der Waals surface area contributed by atoms with Gasteiger partial charge in [-0.15, -0.1) is 11.6 Å². The lowest BCUT2D eigenvalue weighted by Gasteiger charge is -2.37. The third-order valence-electron chi connectivity index (χ3n) is 6.32. The first kappa shape index (κ1) is 26.7. The molecule has 2 aliphatic rings. The van der Waals surface area contributed by atoms with Gasteiger partial charge in [-0.1, -0.05) is 35.9 Å². The van der Waals surface area contributed by atoms with E-state index in [1.807, 2.05) is 0 Å². The summed E-state index contributed by atoms with van der Waals surface area (Å²) in [6.45, 7) is 6.47. The molecule has 1 N–H and O–H groups in total. The number of hydrogen-bond acceptors (Lipinski definition) is 6. The van der Waals surface area contributed by atoms with Gasteiger partial charge < -0.3 is 19.7 Å². The van der Waals surface area contributed by atoms with Gasteiger partial charge in [-0.2, -0.15) is 13.2 Å². The molecule has 0 saturated carbocycles. The molecule has 5 atom stereocenters. The van der Waals surface area contributed by atoms with Crippen molar-refractivity contribution in [2.24, 2.45) is 0 Å². The molecular weight excluding hydrogens is 489 g/mol. The number of carbonyl (C=O) groups is 3. The maximum absolute atomic E-state index is 14.3. The summed E-state index contributed by atoms with van der Waals surface area (Å²) >= 11 is 6.52. The van der Waals surface area contributed by atoms with Crippen LogP contribution in [0.1, 0.15) is 33.3 Å². The van der Waals surface area contributed by atoms with E-state index in [1.165, 1.54) is 36.1 Å². The van der Waals surface area contributed by atoms with E-state index < -0.39 is 58.1 Å². The van der Waals surface area contributed by atoms with Crippen LogP contribution in [0.2, 0.25) is 0 Å². The molecule has 7 nitrogen and oxygen atoms in total. The summed E-state index contributed by atoms with van der Waals surface area (Å²) < 4.78 is 53.1. The number of ether oxygens (including phenoxy) is 2. The van der Waals surface area contributed by atoms with Gasteiger partial charge in [-0.25, -0.2) is 4.79 Å². The van der Waals surface area contributed by atoms with Crippen LogP contribution in [0.25, 0.3) is 0 Å². The van der Waals surface area contributed by atoms with Crippen LogP contribution in [-0.2, 0) is 29.5 Å². The van der Waals surface area contributed by atoms with Gasteiger partial charge in [-0.05, 0) is 27.7 Å². The number of nitrogens with zero attached hydrogens (tertiary/aromatic N) is 1. The molecule has 35 heavy (non-hydrogen) atoms. The first-order valence-corrected chi connectivity index (χ1v) is 11.2. The zero-order chi connectivity index (χ0) is 26.3. The summed E-state index contributed by atoms with van der Waals surface area (Å²) in [5, 5.41) is 1.53. The molecule has 3 rings (SSSR count). The smallest absolute Gasteiger partial charge is 0.432 e. The van der Waals surface area contributed by atoms with Crippen LogP contribution in [-0.4, -0.2) is 58.9 Å². The Kier molecular flexibility index (Phi) is 7.12. The number of halogens is 4. The molecule has 0 aromatic heterocycles. The van der Waals surface area contributed by atoms with E-state index in [9.17, 15) is 27.6 Å². The number of fused-ring (bicyclic) bond motifs is 1. The van der Waals surface area contributed by atoms with Crippen LogP contribution in [0.3, 0.4) is 0 Å². The Morgan fingerprint density at radius 2 is 1.80 bits per heavy atom. The predicted octanol–water partition coefficient (Wildman–Crippen LogP) is 3.58. The van der Waals surface area contributed by atoms with Crippen molar-refractivity contribution in [3.63, 3.8) is 0 Å². The van der Waals surface area contributed by atoms with Gasteiger partial charge >= 0.3 is 12.1 Å². The fourth-order valence-electron chi connectivity index (χ4n) is 4.62. The van der Waals surface area contributed by atoms with Gasteiger partial charge in [0.1, 0.15) is 11.4 Å². The fraction of sp³-hybridized carbons (Fsp3) is 0.458. The highest BCUT2D eigenvalue weighted by molar-refractivity contribution is 6.23. The normalized spacial score (nSPS) is 27.6. The van der Waals surface area contributed by atoms with Crippen molar-refractivity contribution in [3.8, 4) is 0 Å². The van der Waals surface area contributed by atoms with Crippen LogP contribution in [0.4, 0.5) is 13.2 Å². The number of benzene rings is 1. The van der Waals surface area contributed by atoms with Gasteiger partial charge in [0.05, 0.1) is 5.38 Å². The second-order valence-electron chi connectivity index (χ2n) is 8.88. The van der Waals surface area contributed by atoms with E-state index in [4.69, 9.17) is 21.1 Å². The maximum atomic E-state index is 14.3. The maximum Gasteiger partial charge on any atom is 0.432 e. The van der Waals surface area contributed by atoms with Crippen molar-refractivity contribution in [2.45, 2.75) is 62.5 Å². The Morgan fingerprint density at radius 3 is 2.31 bits per heavy atom. The fourth-order valence-corrected chi connectivity index (χ4v) is 5.03. The van der Waals surface area contributed by atoms with E-state index in [0.29, 0.717) is 0 Å². The van der Waals surface area contributed by atoms with Crippen molar-refractivity contribution in [1.82, 2.24) is 10.2 Å². The molecule has 0 spiro atoms. The lowest BCUT2D eigenvalue weighted by atomic mass is 9.90. The van der Waals surface area contributed by atoms with Crippen LogP contribution >= 0.6 is 11.6 Å². The highest BCUT2D eigenvalue weighted by Crippen LogP contribution is 2.48. The number of methoxy groups -OCH3 is 1. The molecule has 0 bridgehead atoms. The van der Waals surface area contributed by atoms with Gasteiger partial charge in [0.2, 0.25) is 5.91 Å². The minimum absolute atomic E-state index is 0.119. The Bertz CT molecular complexity index is 1090. The standard InChI is InChI=1S/C24H26ClF3N2O5/c1-13(2)11-18(32)29-17-12-16(31)22(4)20(19(25)14(3)30(17)22)35-21(33)23(34-5,24(26,27)28)15-9-7-6-8-10-15/h6-12,14,19-20H,1-5H3,(H,29,32)/t14-,19-,20+,22+,23-/m0/s1. The third kappa shape index (κ3) is 4.23. The van der Waals surface area contributed by atoms with Gasteiger partial charge in [0.25, 0.3) is 5.60 Å². The van der Waals surface area contributed by atoms with Crippen molar-refractivity contribution >= 4 is 29.3 Å². The molecule has 190 valence electrons. The number of ketones is 1. The van der Waals surface area contributed by atoms with Crippen molar-refractivity contribution < 1.29 is 37.0 Å². The summed E-state index contributed by atoms with van der Waals surface area (Å²) in [7, 11) is 0.754. The number of alkyl halides is 4. The summed E-state index contributed by atoms with van der Waals surface area (Å²) in [5.41, 5.74) is -4.84. The van der Waals surface area contributed by atoms with Gasteiger partial charge in [0, 0.05) is 30.9 Å². The third-order valence-corrected chi connectivity index (χ3v) is 6.91. The second-order valence-corrected chi connectivity index (χ2v) is 9.39. The van der Waals surface area contributed by atoms with Gasteiger partial charge in [-0.3, -0.25) is 9.59 Å². The number of allylic oxidation sites excluding steroid dienone is 1.